The molecule has 2 N–H and O–H groups in total. The second-order valence-corrected chi connectivity index (χ2v) is 12.5. The fraction of sp³-hybridized carbons (Fsp3) is 0.684. The number of aromatic nitrogens is 1. The molecule has 0 amide bonds. The number of hydrogen-bond acceptors (Lipinski definition) is 2. The highest BCUT2D eigenvalue weighted by molar-refractivity contribution is 6.09. The predicted molar refractivity (Wildman–Crippen MR) is 182 cm³/mol. The summed E-state index contributed by atoms with van der Waals surface area (Å²) in [5.41, 5.74) is 9.81. The van der Waals surface area contributed by atoms with Crippen molar-refractivity contribution in [3.05, 3.63) is 36.4 Å². The third kappa shape index (κ3) is 11.9. The van der Waals surface area contributed by atoms with Crippen LogP contribution >= 0.6 is 0 Å². The molecule has 3 heteroatoms. The number of nitrogen functional groups attached to an aromatic ring is 1. The Morgan fingerprint density at radius 3 is 1.59 bits per heavy atom. The van der Waals surface area contributed by atoms with Gasteiger partial charge in [-0.15, -0.1) is 0 Å². The van der Waals surface area contributed by atoms with Crippen molar-refractivity contribution >= 4 is 27.5 Å². The zero-order valence-corrected chi connectivity index (χ0v) is 26.9. The van der Waals surface area contributed by atoms with Crippen molar-refractivity contribution in [1.29, 1.82) is 0 Å². The number of anilines is 1. The fourth-order valence-electron chi connectivity index (χ4n) is 6.34. The van der Waals surface area contributed by atoms with Crippen molar-refractivity contribution in [3.8, 4) is 5.75 Å². The number of hydrogen-bond donors (Lipinski definition) is 1. The summed E-state index contributed by atoms with van der Waals surface area (Å²) < 4.78 is 8.70. The van der Waals surface area contributed by atoms with E-state index in [4.69, 9.17) is 10.5 Å². The van der Waals surface area contributed by atoms with E-state index in [9.17, 15) is 0 Å². The van der Waals surface area contributed by atoms with Crippen molar-refractivity contribution in [2.45, 2.75) is 162 Å². The van der Waals surface area contributed by atoms with Crippen LogP contribution in [0.25, 0.3) is 21.8 Å². The Hall–Kier alpha value is -2.16. The number of ether oxygens (including phenoxy) is 1. The van der Waals surface area contributed by atoms with E-state index in [1.165, 1.54) is 157 Å². The highest BCUT2D eigenvalue weighted by Gasteiger charge is 2.13. The third-order valence-corrected chi connectivity index (χ3v) is 8.89. The number of aryl methyl sites for hydroxylation is 1. The summed E-state index contributed by atoms with van der Waals surface area (Å²) in [5.74, 6) is 0.849. The molecule has 0 saturated carbocycles. The summed E-state index contributed by atoms with van der Waals surface area (Å²) in [7, 11) is 0. The lowest BCUT2D eigenvalue weighted by molar-refractivity contribution is 0.306. The monoisotopic (exact) mass is 562 g/mol. The molecule has 0 unspecified atom stereocenters. The topological polar surface area (TPSA) is 40.2 Å². The smallest absolute Gasteiger partial charge is 0.144 e. The molecule has 2 aromatic carbocycles. The van der Waals surface area contributed by atoms with Gasteiger partial charge in [0.2, 0.25) is 0 Å². The number of fused-ring (bicyclic) bond motifs is 3. The third-order valence-electron chi connectivity index (χ3n) is 8.89. The SMILES string of the molecule is CCCCCCCCCCCCCCCCCCn1c2ccccc2c2cc(N)c(OCCCCCCCC)cc21. The fourth-order valence-corrected chi connectivity index (χ4v) is 6.34. The van der Waals surface area contributed by atoms with Gasteiger partial charge in [0, 0.05) is 28.9 Å². The molecule has 0 radical (unpaired) electrons. The number of unbranched alkanes of at least 4 members (excludes halogenated alkanes) is 20. The normalized spacial score (nSPS) is 11.7. The van der Waals surface area contributed by atoms with Gasteiger partial charge < -0.3 is 15.0 Å². The van der Waals surface area contributed by atoms with Crippen LogP contribution in [0.5, 0.6) is 5.75 Å². The Morgan fingerprint density at radius 1 is 0.537 bits per heavy atom. The number of rotatable bonds is 25. The lowest BCUT2D eigenvalue weighted by atomic mass is 10.0. The number of nitrogens with zero attached hydrogens (tertiary/aromatic N) is 1. The molecule has 0 atom stereocenters. The van der Waals surface area contributed by atoms with Crippen molar-refractivity contribution in [3.63, 3.8) is 0 Å². The van der Waals surface area contributed by atoms with E-state index in [2.05, 4.69) is 54.8 Å². The van der Waals surface area contributed by atoms with Crippen LogP contribution < -0.4 is 10.5 Å². The molecule has 0 aliphatic carbocycles. The molecule has 0 saturated heterocycles. The van der Waals surface area contributed by atoms with Crippen molar-refractivity contribution in [1.82, 2.24) is 4.57 Å². The summed E-state index contributed by atoms with van der Waals surface area (Å²) in [6.45, 7) is 6.37. The molecule has 0 aliphatic rings. The molecule has 0 spiro atoms. The number of nitrogens with two attached hydrogens (primary N) is 1. The summed E-state index contributed by atoms with van der Waals surface area (Å²) in [4.78, 5) is 0. The van der Waals surface area contributed by atoms with Gasteiger partial charge in [0.05, 0.1) is 17.8 Å². The maximum atomic E-state index is 6.47. The Labute approximate surface area is 252 Å². The lowest BCUT2D eigenvalue weighted by Gasteiger charge is -2.12. The minimum atomic E-state index is 0.751. The molecule has 0 aliphatic heterocycles. The van der Waals surface area contributed by atoms with Crippen LogP contribution in [0.4, 0.5) is 5.69 Å². The van der Waals surface area contributed by atoms with Crippen LogP contribution in [-0.2, 0) is 6.54 Å². The maximum Gasteiger partial charge on any atom is 0.144 e. The molecule has 1 heterocycles. The van der Waals surface area contributed by atoms with Gasteiger partial charge in [-0.2, -0.15) is 0 Å². The molecule has 3 nitrogen and oxygen atoms in total. The Bertz CT molecular complexity index is 1080. The first-order valence-corrected chi connectivity index (χ1v) is 17.7. The highest BCUT2D eigenvalue weighted by atomic mass is 16.5. The first-order valence-electron chi connectivity index (χ1n) is 17.7. The summed E-state index contributed by atoms with van der Waals surface area (Å²) in [6.07, 6.45) is 30.1. The van der Waals surface area contributed by atoms with Gasteiger partial charge in [-0.25, -0.2) is 0 Å². The van der Waals surface area contributed by atoms with Gasteiger partial charge in [0.25, 0.3) is 0 Å². The molecule has 0 fully saturated rings. The van der Waals surface area contributed by atoms with E-state index in [1.807, 2.05) is 0 Å². The van der Waals surface area contributed by atoms with E-state index in [0.29, 0.717) is 0 Å². The zero-order valence-electron chi connectivity index (χ0n) is 26.9. The van der Waals surface area contributed by atoms with Gasteiger partial charge in [-0.3, -0.25) is 0 Å². The molecule has 41 heavy (non-hydrogen) atoms. The number of benzene rings is 2. The molecule has 3 rings (SSSR count). The molecular weight excluding hydrogens is 500 g/mol. The standard InChI is InChI=1S/C38H62N2O/c1-3-5-7-9-11-12-13-14-15-16-17-18-19-20-21-25-29-40-36-28-24-23-27-33(36)34-31-35(39)38(32-37(34)40)41-30-26-22-10-8-6-4-2/h23-24,27-28,31-32H,3-22,25-26,29-30,39H2,1-2H3. The minimum absolute atomic E-state index is 0.751. The van der Waals surface area contributed by atoms with E-state index in [1.54, 1.807) is 0 Å². The number of para-hydroxylation sites is 1. The van der Waals surface area contributed by atoms with Crippen LogP contribution in [-0.4, -0.2) is 11.2 Å². The molecule has 3 aromatic rings. The first-order chi connectivity index (χ1) is 20.3. The van der Waals surface area contributed by atoms with Crippen LogP contribution in [0, 0.1) is 0 Å². The van der Waals surface area contributed by atoms with Gasteiger partial charge in [0.15, 0.2) is 0 Å². The largest absolute Gasteiger partial charge is 0.491 e. The maximum absolute atomic E-state index is 6.47. The summed E-state index contributed by atoms with van der Waals surface area (Å²) >= 11 is 0. The van der Waals surface area contributed by atoms with E-state index in [-0.39, 0.29) is 0 Å². The van der Waals surface area contributed by atoms with E-state index < -0.39 is 0 Å². The Kier molecular flexibility index (Phi) is 16.8. The molecule has 230 valence electrons. The highest BCUT2D eigenvalue weighted by Crippen LogP contribution is 2.35. The van der Waals surface area contributed by atoms with Gasteiger partial charge in [-0.05, 0) is 25.0 Å². The second-order valence-electron chi connectivity index (χ2n) is 12.5. The lowest BCUT2D eigenvalue weighted by Crippen LogP contribution is -2.02. The van der Waals surface area contributed by atoms with Gasteiger partial charge in [-0.1, -0.05) is 160 Å². The molecular formula is C38H62N2O. The predicted octanol–water partition coefficient (Wildman–Crippen LogP) is 12.4. The van der Waals surface area contributed by atoms with Crippen molar-refractivity contribution < 1.29 is 4.74 Å². The zero-order chi connectivity index (χ0) is 29.0. The molecule has 1 aromatic heterocycles. The first kappa shape index (κ1) is 33.3. The Morgan fingerprint density at radius 2 is 1.02 bits per heavy atom. The van der Waals surface area contributed by atoms with Gasteiger partial charge in [0.1, 0.15) is 5.75 Å². The van der Waals surface area contributed by atoms with Crippen LogP contribution in [0.15, 0.2) is 36.4 Å². The van der Waals surface area contributed by atoms with Crippen molar-refractivity contribution in [2.24, 2.45) is 0 Å². The second kappa shape index (κ2) is 20.7. The van der Waals surface area contributed by atoms with Crippen LogP contribution in [0.3, 0.4) is 0 Å². The van der Waals surface area contributed by atoms with Crippen LogP contribution in [0.2, 0.25) is 0 Å². The average Bonchev–Trinajstić information content (AvgIpc) is 3.28. The van der Waals surface area contributed by atoms with Crippen LogP contribution in [0.1, 0.15) is 155 Å². The van der Waals surface area contributed by atoms with Crippen molar-refractivity contribution in [2.75, 3.05) is 12.3 Å². The summed E-state index contributed by atoms with van der Waals surface area (Å²) in [6, 6.07) is 13.1. The quantitative estimate of drug-likeness (QED) is 0.0824. The minimum Gasteiger partial charge on any atom is -0.491 e. The average molecular weight is 563 g/mol. The van der Waals surface area contributed by atoms with Gasteiger partial charge >= 0.3 is 0 Å². The van der Waals surface area contributed by atoms with E-state index >= 15 is 0 Å². The Balaban J connectivity index is 1.37. The van der Waals surface area contributed by atoms with E-state index in [0.717, 1.165) is 31.0 Å². The summed E-state index contributed by atoms with van der Waals surface area (Å²) in [5, 5.41) is 2.55. The molecule has 0 bridgehead atoms.